The molecule has 4 heteroatoms. The number of hydrogen-bond acceptors (Lipinski definition) is 3. The second-order valence-corrected chi connectivity index (χ2v) is 6.11. The van der Waals surface area contributed by atoms with Gasteiger partial charge in [0.25, 0.3) is 5.91 Å². The molecule has 1 atom stereocenters. The van der Waals surface area contributed by atoms with Gasteiger partial charge < -0.3 is 14.8 Å². The molecule has 1 aliphatic rings. The zero-order valence-electron chi connectivity index (χ0n) is 14.0. The van der Waals surface area contributed by atoms with E-state index in [1.165, 1.54) is 5.56 Å². The van der Waals surface area contributed by atoms with Gasteiger partial charge in [0.1, 0.15) is 12.4 Å². The third-order valence-corrected chi connectivity index (χ3v) is 4.12. The van der Waals surface area contributed by atoms with Crippen LogP contribution in [0.3, 0.4) is 0 Å². The molecule has 3 rings (SSSR count). The van der Waals surface area contributed by atoms with Gasteiger partial charge in [-0.05, 0) is 37.5 Å². The normalized spacial score (nSPS) is 16.8. The molecule has 0 aliphatic carbocycles. The largest absolute Gasteiger partial charge is 0.490 e. The van der Waals surface area contributed by atoms with Gasteiger partial charge in [0.15, 0.2) is 0 Å². The number of para-hydroxylation sites is 1. The van der Waals surface area contributed by atoms with Gasteiger partial charge in [-0.1, -0.05) is 42.0 Å². The van der Waals surface area contributed by atoms with Gasteiger partial charge in [-0.25, -0.2) is 0 Å². The summed E-state index contributed by atoms with van der Waals surface area (Å²) < 4.78 is 11.4. The summed E-state index contributed by atoms with van der Waals surface area (Å²) in [5.74, 6) is 0.481. The predicted octanol–water partition coefficient (Wildman–Crippen LogP) is 3.48. The van der Waals surface area contributed by atoms with Crippen molar-refractivity contribution >= 4 is 5.91 Å². The molecule has 1 N–H and O–H groups in total. The van der Waals surface area contributed by atoms with E-state index >= 15 is 0 Å². The molecule has 1 amide bonds. The highest BCUT2D eigenvalue weighted by Crippen LogP contribution is 2.20. The fourth-order valence-corrected chi connectivity index (χ4v) is 2.84. The van der Waals surface area contributed by atoms with Crippen LogP contribution in [0.25, 0.3) is 0 Å². The van der Waals surface area contributed by atoms with Gasteiger partial charge in [-0.15, -0.1) is 0 Å². The van der Waals surface area contributed by atoms with Gasteiger partial charge in [-0.3, -0.25) is 4.79 Å². The molecule has 2 aromatic carbocycles. The Morgan fingerprint density at radius 1 is 1.25 bits per heavy atom. The Morgan fingerprint density at radius 2 is 2.12 bits per heavy atom. The summed E-state index contributed by atoms with van der Waals surface area (Å²) in [5.41, 5.74) is 2.83. The Kier molecular flexibility index (Phi) is 5.49. The Labute approximate surface area is 142 Å². The van der Waals surface area contributed by atoms with E-state index in [0.29, 0.717) is 24.5 Å². The first-order valence-corrected chi connectivity index (χ1v) is 8.39. The highest BCUT2D eigenvalue weighted by atomic mass is 16.5. The number of aryl methyl sites for hydroxylation is 1. The van der Waals surface area contributed by atoms with E-state index in [1.54, 1.807) is 6.07 Å². The SMILES string of the molecule is Cc1cccc(CNC(=O)c2ccccc2OCC2CCCO2)c1. The second-order valence-electron chi connectivity index (χ2n) is 6.11. The second kappa shape index (κ2) is 7.97. The van der Waals surface area contributed by atoms with Crippen LogP contribution in [0.4, 0.5) is 0 Å². The highest BCUT2D eigenvalue weighted by Gasteiger charge is 2.18. The topological polar surface area (TPSA) is 47.6 Å². The van der Waals surface area contributed by atoms with Crippen LogP contribution in [-0.4, -0.2) is 25.2 Å². The first-order chi connectivity index (χ1) is 11.7. The predicted molar refractivity (Wildman–Crippen MR) is 93.3 cm³/mol. The Hall–Kier alpha value is -2.33. The smallest absolute Gasteiger partial charge is 0.255 e. The van der Waals surface area contributed by atoms with Crippen molar-refractivity contribution in [3.63, 3.8) is 0 Å². The van der Waals surface area contributed by atoms with E-state index in [9.17, 15) is 4.79 Å². The van der Waals surface area contributed by atoms with Crippen LogP contribution < -0.4 is 10.1 Å². The average molecular weight is 325 g/mol. The van der Waals surface area contributed by atoms with Crippen LogP contribution in [0, 0.1) is 6.92 Å². The number of benzene rings is 2. The third kappa shape index (κ3) is 4.36. The molecule has 0 saturated carbocycles. The molecule has 1 aliphatic heterocycles. The van der Waals surface area contributed by atoms with E-state index in [1.807, 2.05) is 43.3 Å². The van der Waals surface area contributed by atoms with E-state index in [4.69, 9.17) is 9.47 Å². The molecular weight excluding hydrogens is 302 g/mol. The van der Waals surface area contributed by atoms with Crippen molar-refractivity contribution in [1.82, 2.24) is 5.32 Å². The van der Waals surface area contributed by atoms with Crippen molar-refractivity contribution in [3.05, 3.63) is 65.2 Å². The van der Waals surface area contributed by atoms with Crippen LogP contribution in [0.2, 0.25) is 0 Å². The zero-order valence-corrected chi connectivity index (χ0v) is 14.0. The zero-order chi connectivity index (χ0) is 16.8. The van der Waals surface area contributed by atoms with Crippen molar-refractivity contribution < 1.29 is 14.3 Å². The molecule has 0 spiro atoms. The van der Waals surface area contributed by atoms with Crippen molar-refractivity contribution in [2.24, 2.45) is 0 Å². The molecule has 0 radical (unpaired) electrons. The summed E-state index contributed by atoms with van der Waals surface area (Å²) in [6.45, 7) is 3.83. The third-order valence-electron chi connectivity index (χ3n) is 4.12. The van der Waals surface area contributed by atoms with Crippen molar-refractivity contribution in [3.8, 4) is 5.75 Å². The number of amides is 1. The molecule has 1 heterocycles. The van der Waals surface area contributed by atoms with Crippen molar-refractivity contribution in [2.75, 3.05) is 13.2 Å². The summed E-state index contributed by atoms with van der Waals surface area (Å²) in [4.78, 5) is 12.5. The average Bonchev–Trinajstić information content (AvgIpc) is 3.12. The minimum absolute atomic E-state index is 0.126. The first-order valence-electron chi connectivity index (χ1n) is 8.39. The number of hydrogen-bond donors (Lipinski definition) is 1. The molecule has 0 aromatic heterocycles. The monoisotopic (exact) mass is 325 g/mol. The summed E-state index contributed by atoms with van der Waals surface area (Å²) >= 11 is 0. The summed E-state index contributed by atoms with van der Waals surface area (Å²) in [6.07, 6.45) is 2.22. The quantitative estimate of drug-likeness (QED) is 0.884. The lowest BCUT2D eigenvalue weighted by molar-refractivity contribution is 0.0670. The Bertz CT molecular complexity index is 693. The highest BCUT2D eigenvalue weighted by molar-refractivity contribution is 5.96. The Balaban J connectivity index is 1.61. The molecule has 1 unspecified atom stereocenters. The lowest BCUT2D eigenvalue weighted by atomic mass is 10.1. The maximum absolute atomic E-state index is 12.5. The summed E-state index contributed by atoms with van der Waals surface area (Å²) in [6, 6.07) is 15.5. The number of nitrogens with one attached hydrogen (secondary N) is 1. The van der Waals surface area contributed by atoms with Gasteiger partial charge >= 0.3 is 0 Å². The fourth-order valence-electron chi connectivity index (χ4n) is 2.84. The minimum atomic E-state index is -0.126. The molecule has 24 heavy (non-hydrogen) atoms. The van der Waals surface area contributed by atoms with E-state index in [-0.39, 0.29) is 12.0 Å². The van der Waals surface area contributed by atoms with Gasteiger partial charge in [0.05, 0.1) is 11.7 Å². The maximum Gasteiger partial charge on any atom is 0.255 e. The molecule has 4 nitrogen and oxygen atoms in total. The standard InChI is InChI=1S/C20H23NO3/c1-15-6-4-7-16(12-15)13-21-20(22)18-9-2-3-10-19(18)24-14-17-8-5-11-23-17/h2-4,6-7,9-10,12,17H,5,8,11,13-14H2,1H3,(H,21,22). The van der Waals surface area contributed by atoms with Crippen LogP contribution >= 0.6 is 0 Å². The minimum Gasteiger partial charge on any atom is -0.490 e. The lowest BCUT2D eigenvalue weighted by Gasteiger charge is -2.14. The lowest BCUT2D eigenvalue weighted by Crippen LogP contribution is -2.24. The molecule has 0 bridgehead atoms. The number of rotatable bonds is 6. The molecule has 1 saturated heterocycles. The Morgan fingerprint density at radius 3 is 2.92 bits per heavy atom. The van der Waals surface area contributed by atoms with Gasteiger partial charge in [0.2, 0.25) is 0 Å². The first kappa shape index (κ1) is 16.5. The van der Waals surface area contributed by atoms with Crippen LogP contribution in [-0.2, 0) is 11.3 Å². The summed E-state index contributed by atoms with van der Waals surface area (Å²) in [7, 11) is 0. The van der Waals surface area contributed by atoms with Crippen molar-refractivity contribution in [1.29, 1.82) is 0 Å². The number of ether oxygens (including phenoxy) is 2. The molecule has 126 valence electrons. The van der Waals surface area contributed by atoms with Crippen LogP contribution in [0.15, 0.2) is 48.5 Å². The molecule has 2 aromatic rings. The maximum atomic E-state index is 12.5. The van der Waals surface area contributed by atoms with E-state index in [2.05, 4.69) is 11.4 Å². The molecule has 1 fully saturated rings. The van der Waals surface area contributed by atoms with Crippen LogP contribution in [0.5, 0.6) is 5.75 Å². The number of carbonyl (C=O) groups is 1. The summed E-state index contributed by atoms with van der Waals surface area (Å²) in [5, 5.41) is 2.96. The van der Waals surface area contributed by atoms with Gasteiger partial charge in [0, 0.05) is 13.2 Å². The van der Waals surface area contributed by atoms with Gasteiger partial charge in [-0.2, -0.15) is 0 Å². The van der Waals surface area contributed by atoms with E-state index < -0.39 is 0 Å². The fraction of sp³-hybridized carbons (Fsp3) is 0.350. The van der Waals surface area contributed by atoms with Crippen LogP contribution in [0.1, 0.15) is 34.3 Å². The molecular formula is C20H23NO3. The van der Waals surface area contributed by atoms with E-state index in [0.717, 1.165) is 25.0 Å². The number of carbonyl (C=O) groups excluding carboxylic acids is 1. The van der Waals surface area contributed by atoms with Crippen molar-refractivity contribution in [2.45, 2.75) is 32.4 Å².